The summed E-state index contributed by atoms with van der Waals surface area (Å²) in [5.74, 6) is 0.525. The van der Waals surface area contributed by atoms with Gasteiger partial charge in [-0.1, -0.05) is 6.92 Å². The smallest absolute Gasteiger partial charge is 0.239 e. The predicted octanol–water partition coefficient (Wildman–Crippen LogP) is 0.454. The standard InChI is InChI=1S/C15H30N4O2.ClH/c1-3-8-17-14(20)11-18(2)15(21)12-19-9-4-5-13(10-19)6-7-16;/h13H,3-12,16H2,1-2H3,(H,17,20);1H. The summed E-state index contributed by atoms with van der Waals surface area (Å²) in [6.45, 7) is 5.82. The van der Waals surface area contributed by atoms with Crippen LogP contribution in [-0.4, -0.2) is 67.9 Å². The number of halogens is 1. The molecule has 1 aliphatic heterocycles. The van der Waals surface area contributed by atoms with Crippen molar-refractivity contribution in [3.05, 3.63) is 0 Å². The number of amides is 2. The molecule has 0 bridgehead atoms. The molecular formula is C15H31ClN4O2. The van der Waals surface area contributed by atoms with Gasteiger partial charge in [-0.05, 0) is 44.7 Å². The largest absolute Gasteiger partial charge is 0.355 e. The van der Waals surface area contributed by atoms with Crippen LogP contribution in [0.4, 0.5) is 0 Å². The number of piperidine rings is 1. The van der Waals surface area contributed by atoms with Gasteiger partial charge in [0.05, 0.1) is 13.1 Å². The fourth-order valence-electron chi connectivity index (χ4n) is 2.70. The van der Waals surface area contributed by atoms with Crippen molar-refractivity contribution in [2.75, 3.05) is 46.3 Å². The van der Waals surface area contributed by atoms with E-state index in [-0.39, 0.29) is 30.8 Å². The van der Waals surface area contributed by atoms with Gasteiger partial charge < -0.3 is 16.0 Å². The van der Waals surface area contributed by atoms with E-state index >= 15 is 0 Å². The van der Waals surface area contributed by atoms with Crippen LogP contribution < -0.4 is 11.1 Å². The molecule has 1 unspecified atom stereocenters. The van der Waals surface area contributed by atoms with Crippen LogP contribution >= 0.6 is 12.4 Å². The van der Waals surface area contributed by atoms with Gasteiger partial charge in [0.15, 0.2) is 0 Å². The first kappa shape index (κ1) is 21.1. The number of carbonyl (C=O) groups excluding carboxylic acids is 2. The minimum atomic E-state index is -0.0904. The van der Waals surface area contributed by atoms with Gasteiger partial charge in [0, 0.05) is 20.1 Å². The summed E-state index contributed by atoms with van der Waals surface area (Å²) in [4.78, 5) is 27.5. The summed E-state index contributed by atoms with van der Waals surface area (Å²) in [5, 5.41) is 2.79. The van der Waals surface area contributed by atoms with Crippen LogP contribution in [0.2, 0.25) is 0 Å². The Labute approximate surface area is 140 Å². The highest BCUT2D eigenvalue weighted by molar-refractivity contribution is 5.85. The first-order valence-corrected chi connectivity index (χ1v) is 7.99. The quantitative estimate of drug-likeness (QED) is 0.675. The van der Waals surface area contributed by atoms with E-state index in [2.05, 4.69) is 10.2 Å². The lowest BCUT2D eigenvalue weighted by molar-refractivity contribution is -0.136. The first-order chi connectivity index (χ1) is 10.1. The monoisotopic (exact) mass is 334 g/mol. The zero-order chi connectivity index (χ0) is 15.7. The zero-order valence-corrected chi connectivity index (χ0v) is 14.7. The van der Waals surface area contributed by atoms with Crippen molar-refractivity contribution in [1.82, 2.24) is 15.1 Å². The highest BCUT2D eigenvalue weighted by Gasteiger charge is 2.22. The van der Waals surface area contributed by atoms with Gasteiger partial charge in [-0.25, -0.2) is 0 Å². The van der Waals surface area contributed by atoms with E-state index in [1.54, 1.807) is 7.05 Å². The van der Waals surface area contributed by atoms with Crippen LogP contribution in [0.25, 0.3) is 0 Å². The van der Waals surface area contributed by atoms with Crippen molar-refractivity contribution in [2.45, 2.75) is 32.6 Å². The summed E-state index contributed by atoms with van der Waals surface area (Å²) in [7, 11) is 1.69. The first-order valence-electron chi connectivity index (χ1n) is 7.99. The number of carbonyl (C=O) groups is 2. The van der Waals surface area contributed by atoms with Crippen molar-refractivity contribution in [1.29, 1.82) is 0 Å². The van der Waals surface area contributed by atoms with E-state index in [1.165, 1.54) is 11.3 Å². The van der Waals surface area contributed by atoms with Crippen molar-refractivity contribution in [3.63, 3.8) is 0 Å². The number of likely N-dealkylation sites (N-methyl/N-ethyl adjacent to an activating group) is 1. The topological polar surface area (TPSA) is 78.7 Å². The molecule has 22 heavy (non-hydrogen) atoms. The predicted molar refractivity (Wildman–Crippen MR) is 91.0 cm³/mol. The van der Waals surface area contributed by atoms with Gasteiger partial charge in [-0.15, -0.1) is 12.4 Å². The lowest BCUT2D eigenvalue weighted by atomic mass is 9.95. The number of rotatable bonds is 8. The highest BCUT2D eigenvalue weighted by Crippen LogP contribution is 2.18. The van der Waals surface area contributed by atoms with Crippen molar-refractivity contribution in [2.24, 2.45) is 11.7 Å². The molecule has 1 heterocycles. The Morgan fingerprint density at radius 2 is 2.14 bits per heavy atom. The number of nitrogens with zero attached hydrogens (tertiary/aromatic N) is 2. The summed E-state index contributed by atoms with van der Waals surface area (Å²) in [6, 6.07) is 0. The van der Waals surface area contributed by atoms with Crippen molar-refractivity contribution >= 4 is 24.2 Å². The summed E-state index contributed by atoms with van der Waals surface area (Å²) < 4.78 is 0. The number of nitrogens with two attached hydrogens (primary N) is 1. The number of hydrogen-bond acceptors (Lipinski definition) is 4. The van der Waals surface area contributed by atoms with Crippen LogP contribution in [-0.2, 0) is 9.59 Å². The SMILES string of the molecule is CCCNC(=O)CN(C)C(=O)CN1CCCC(CCN)C1.Cl. The summed E-state index contributed by atoms with van der Waals surface area (Å²) in [6.07, 6.45) is 4.26. The zero-order valence-electron chi connectivity index (χ0n) is 13.8. The van der Waals surface area contributed by atoms with Crippen molar-refractivity contribution in [3.8, 4) is 0 Å². The Bertz CT molecular complexity index is 340. The van der Waals surface area contributed by atoms with Crippen LogP contribution in [0.3, 0.4) is 0 Å². The molecule has 0 aromatic carbocycles. The Kier molecular flexibility index (Phi) is 11.2. The summed E-state index contributed by atoms with van der Waals surface area (Å²) >= 11 is 0. The van der Waals surface area contributed by atoms with Gasteiger partial charge in [-0.3, -0.25) is 14.5 Å². The van der Waals surface area contributed by atoms with Crippen LogP contribution in [0.15, 0.2) is 0 Å². The molecule has 6 nitrogen and oxygen atoms in total. The van der Waals surface area contributed by atoms with Crippen LogP contribution in [0.5, 0.6) is 0 Å². The van der Waals surface area contributed by atoms with E-state index in [0.29, 0.717) is 25.6 Å². The molecule has 130 valence electrons. The lowest BCUT2D eigenvalue weighted by Gasteiger charge is -2.33. The molecule has 1 rings (SSSR count). The van der Waals surface area contributed by atoms with E-state index in [0.717, 1.165) is 32.4 Å². The minimum absolute atomic E-state index is 0. The van der Waals surface area contributed by atoms with Crippen molar-refractivity contribution < 1.29 is 9.59 Å². The van der Waals surface area contributed by atoms with Gasteiger partial charge in [-0.2, -0.15) is 0 Å². The molecule has 1 fully saturated rings. The number of nitrogens with one attached hydrogen (secondary N) is 1. The van der Waals surface area contributed by atoms with Gasteiger partial charge >= 0.3 is 0 Å². The fraction of sp³-hybridized carbons (Fsp3) is 0.867. The third kappa shape index (κ3) is 7.96. The fourth-order valence-corrected chi connectivity index (χ4v) is 2.70. The highest BCUT2D eigenvalue weighted by atomic mass is 35.5. The minimum Gasteiger partial charge on any atom is -0.355 e. The van der Waals surface area contributed by atoms with Gasteiger partial charge in [0.2, 0.25) is 11.8 Å². The molecule has 3 N–H and O–H groups in total. The molecule has 7 heteroatoms. The average molecular weight is 335 g/mol. The second kappa shape index (κ2) is 11.7. The second-order valence-electron chi connectivity index (χ2n) is 5.92. The van der Waals surface area contributed by atoms with Gasteiger partial charge in [0.1, 0.15) is 0 Å². The molecule has 0 aromatic rings. The van der Waals surface area contributed by atoms with E-state index in [1.807, 2.05) is 6.92 Å². The third-order valence-corrected chi connectivity index (χ3v) is 3.92. The molecule has 0 aliphatic carbocycles. The molecule has 0 aromatic heterocycles. The molecule has 2 amide bonds. The Morgan fingerprint density at radius 3 is 2.77 bits per heavy atom. The Morgan fingerprint density at radius 1 is 1.41 bits per heavy atom. The molecule has 0 spiro atoms. The average Bonchev–Trinajstić information content (AvgIpc) is 2.45. The molecular weight excluding hydrogens is 304 g/mol. The second-order valence-corrected chi connectivity index (χ2v) is 5.92. The summed E-state index contributed by atoms with van der Waals surface area (Å²) in [5.41, 5.74) is 5.61. The molecule has 1 atom stereocenters. The van der Waals surface area contributed by atoms with Crippen LogP contribution in [0.1, 0.15) is 32.6 Å². The van der Waals surface area contributed by atoms with E-state index < -0.39 is 0 Å². The Hall–Kier alpha value is -0.850. The maximum absolute atomic E-state index is 12.2. The van der Waals surface area contributed by atoms with E-state index in [4.69, 9.17) is 5.73 Å². The molecule has 1 aliphatic rings. The third-order valence-electron chi connectivity index (χ3n) is 3.92. The lowest BCUT2D eigenvalue weighted by Crippen LogP contribution is -2.46. The van der Waals surface area contributed by atoms with Gasteiger partial charge in [0.25, 0.3) is 0 Å². The number of hydrogen-bond donors (Lipinski definition) is 2. The maximum atomic E-state index is 12.2. The molecule has 0 radical (unpaired) electrons. The van der Waals surface area contributed by atoms with E-state index in [9.17, 15) is 9.59 Å². The molecule has 0 saturated carbocycles. The molecule has 1 saturated heterocycles. The Balaban J connectivity index is 0.00000441. The maximum Gasteiger partial charge on any atom is 0.239 e. The van der Waals surface area contributed by atoms with Crippen LogP contribution in [0, 0.1) is 5.92 Å². The number of likely N-dealkylation sites (tertiary alicyclic amines) is 1. The normalized spacial score (nSPS) is 18.4.